The summed E-state index contributed by atoms with van der Waals surface area (Å²) in [5, 5.41) is 0.687. The fourth-order valence-electron chi connectivity index (χ4n) is 6.70. The van der Waals surface area contributed by atoms with Crippen molar-refractivity contribution in [1.29, 1.82) is 0 Å². The monoisotopic (exact) mass is 648 g/mol. The van der Waals surface area contributed by atoms with Crippen LogP contribution in [0.4, 0.5) is 0 Å². The van der Waals surface area contributed by atoms with Crippen LogP contribution in [-0.2, 0) is 0 Å². The minimum absolute atomic E-state index is 0.152. The maximum Gasteiger partial charge on any atom is 0.166 e. The first-order chi connectivity index (χ1) is 13.6. The van der Waals surface area contributed by atoms with Crippen LogP contribution in [0.3, 0.4) is 0 Å². The molecule has 0 saturated heterocycles. The lowest BCUT2D eigenvalue weighted by Crippen LogP contribution is -2.47. The molecular weight excluding hydrogens is 642 g/mol. The van der Waals surface area contributed by atoms with Crippen LogP contribution in [-0.4, -0.2) is 28.2 Å². The first-order valence-corrected chi connectivity index (χ1v) is 13.8. The second kappa shape index (κ2) is 6.83. The number of hydrogen-bond donors (Lipinski definition) is 0. The number of hydrogen-bond acceptors (Lipinski definition) is 0. The Morgan fingerprint density at radius 2 is 0.733 bits per heavy atom. The molecule has 8 unspecified atom stereocenters. The van der Waals surface area contributed by atoms with Gasteiger partial charge in [-0.15, -0.1) is 46.4 Å². The van der Waals surface area contributed by atoms with E-state index in [4.69, 9.17) is 139 Å². The standard InChI is InChI=1S/C18H12Cl12/c19-9-11(21)15(25)7-4-8-6(3-1-2-5(7)13(9,23)17(15,27)28)14(24)10(20)12(22)16(8,26)18(14,29)30/h5-8H,1-4H2. The lowest BCUT2D eigenvalue weighted by atomic mass is 9.66. The lowest BCUT2D eigenvalue weighted by Gasteiger charge is -2.45. The molecule has 0 N–H and O–H groups in total. The van der Waals surface area contributed by atoms with Gasteiger partial charge in [-0.05, 0) is 42.9 Å². The maximum atomic E-state index is 7.10. The fourth-order valence-corrected chi connectivity index (χ4v) is 13.0. The van der Waals surface area contributed by atoms with E-state index in [-0.39, 0.29) is 43.8 Å². The van der Waals surface area contributed by atoms with Gasteiger partial charge in [-0.1, -0.05) is 99.2 Å². The number of halogens is 12. The third-order valence-electron chi connectivity index (χ3n) is 8.04. The van der Waals surface area contributed by atoms with Crippen molar-refractivity contribution < 1.29 is 0 Å². The average Bonchev–Trinajstić information content (AvgIpc) is 2.95. The maximum absolute atomic E-state index is 7.10. The highest BCUT2D eigenvalue weighted by Crippen LogP contribution is 2.82. The number of allylic oxidation sites excluding steroid dienone is 4. The minimum Gasteiger partial charge on any atom is -0.109 e. The summed E-state index contributed by atoms with van der Waals surface area (Å²) in [6.07, 6.45) is 2.42. The van der Waals surface area contributed by atoms with Gasteiger partial charge in [-0.2, -0.15) is 0 Å². The zero-order valence-electron chi connectivity index (χ0n) is 14.7. The summed E-state index contributed by atoms with van der Waals surface area (Å²) in [6.45, 7) is 0. The van der Waals surface area contributed by atoms with Crippen molar-refractivity contribution in [2.45, 2.75) is 53.8 Å². The molecule has 4 bridgehead atoms. The van der Waals surface area contributed by atoms with Crippen molar-refractivity contribution in [3.05, 3.63) is 20.1 Å². The highest BCUT2D eigenvalue weighted by molar-refractivity contribution is 6.67. The van der Waals surface area contributed by atoms with Gasteiger partial charge in [0.25, 0.3) is 0 Å². The molecule has 5 rings (SSSR count). The highest BCUT2D eigenvalue weighted by atomic mass is 35.5. The van der Waals surface area contributed by atoms with Crippen LogP contribution in [0, 0.1) is 23.7 Å². The second-order valence-electron chi connectivity index (χ2n) is 8.84. The number of rotatable bonds is 0. The van der Waals surface area contributed by atoms with E-state index in [1.807, 2.05) is 0 Å². The van der Waals surface area contributed by atoms with Gasteiger partial charge in [-0.25, -0.2) is 0 Å². The summed E-state index contributed by atoms with van der Waals surface area (Å²) >= 11 is 81.6. The summed E-state index contributed by atoms with van der Waals surface area (Å²) < 4.78 is -3.25. The van der Waals surface area contributed by atoms with E-state index in [2.05, 4.69) is 0 Å². The molecule has 0 heterocycles. The van der Waals surface area contributed by atoms with Gasteiger partial charge in [-0.3, -0.25) is 0 Å². The van der Waals surface area contributed by atoms with Crippen LogP contribution in [0.1, 0.15) is 25.7 Å². The molecular formula is C18H12Cl12. The molecule has 5 aliphatic carbocycles. The molecule has 30 heavy (non-hydrogen) atoms. The summed E-state index contributed by atoms with van der Waals surface area (Å²) in [5.74, 6) is -1.22. The van der Waals surface area contributed by atoms with E-state index in [1.165, 1.54) is 0 Å². The predicted octanol–water partition coefficient (Wildman–Crippen LogP) is 9.72. The average molecular weight is 654 g/mol. The number of alkyl halides is 8. The largest absolute Gasteiger partial charge is 0.166 e. The lowest BCUT2D eigenvalue weighted by molar-refractivity contribution is 0.163. The van der Waals surface area contributed by atoms with Gasteiger partial charge in [0.2, 0.25) is 0 Å². The topological polar surface area (TPSA) is 0 Å². The van der Waals surface area contributed by atoms with Crippen LogP contribution in [0.25, 0.3) is 0 Å². The Bertz CT molecular complexity index is 852. The third-order valence-corrected chi connectivity index (χ3v) is 16.7. The van der Waals surface area contributed by atoms with Crippen molar-refractivity contribution in [3.8, 4) is 0 Å². The summed E-state index contributed by atoms with van der Waals surface area (Å²) in [7, 11) is 0. The Kier molecular flexibility index (Phi) is 5.61. The highest BCUT2D eigenvalue weighted by Gasteiger charge is 2.86. The minimum atomic E-state index is -1.63. The molecule has 0 amide bonds. The molecule has 0 aliphatic heterocycles. The molecule has 3 saturated carbocycles. The molecule has 168 valence electrons. The van der Waals surface area contributed by atoms with Crippen LogP contribution < -0.4 is 0 Å². The quantitative estimate of drug-likeness (QED) is 0.229. The molecule has 0 nitrogen and oxygen atoms in total. The summed E-state index contributed by atoms with van der Waals surface area (Å²) in [6, 6.07) is 0. The van der Waals surface area contributed by atoms with E-state index < -0.39 is 28.2 Å². The summed E-state index contributed by atoms with van der Waals surface area (Å²) in [4.78, 5) is -5.45. The first-order valence-electron chi connectivity index (χ1n) is 9.22. The normalized spacial score (nSPS) is 55.6. The van der Waals surface area contributed by atoms with E-state index in [1.54, 1.807) is 0 Å². The van der Waals surface area contributed by atoms with Gasteiger partial charge >= 0.3 is 0 Å². The Morgan fingerprint density at radius 1 is 0.467 bits per heavy atom. The van der Waals surface area contributed by atoms with Gasteiger partial charge < -0.3 is 0 Å². The molecule has 0 aromatic rings. The molecule has 12 heteroatoms. The number of fused-ring (bicyclic) bond motifs is 10. The Balaban J connectivity index is 1.69. The molecule has 0 aromatic heterocycles. The SMILES string of the molecule is ClC1=C(Cl)C2(Cl)C3CC4C(CCCC3C1(Cl)C2(Cl)Cl)C1(Cl)C(Cl)=C(Cl)C4(Cl)C1(Cl)Cl. The van der Waals surface area contributed by atoms with Gasteiger partial charge in [0.15, 0.2) is 8.67 Å². The first kappa shape index (κ1) is 24.6. The van der Waals surface area contributed by atoms with E-state index >= 15 is 0 Å². The third kappa shape index (κ3) is 2.18. The molecule has 0 aromatic carbocycles. The van der Waals surface area contributed by atoms with E-state index in [0.717, 1.165) is 0 Å². The zero-order chi connectivity index (χ0) is 22.4. The van der Waals surface area contributed by atoms with Gasteiger partial charge in [0, 0.05) is 0 Å². The van der Waals surface area contributed by atoms with Crippen molar-refractivity contribution in [2.24, 2.45) is 23.7 Å². The van der Waals surface area contributed by atoms with E-state index in [0.29, 0.717) is 25.7 Å². The van der Waals surface area contributed by atoms with Crippen molar-refractivity contribution in [3.63, 3.8) is 0 Å². The van der Waals surface area contributed by atoms with Gasteiger partial charge in [0.05, 0.1) is 20.1 Å². The van der Waals surface area contributed by atoms with Crippen LogP contribution in [0.5, 0.6) is 0 Å². The molecule has 0 spiro atoms. The summed E-state index contributed by atoms with van der Waals surface area (Å²) in [5.41, 5.74) is 0. The second-order valence-corrected chi connectivity index (χ2v) is 15.4. The van der Waals surface area contributed by atoms with Crippen LogP contribution in [0.15, 0.2) is 20.1 Å². The van der Waals surface area contributed by atoms with Crippen molar-refractivity contribution in [2.75, 3.05) is 0 Å². The Morgan fingerprint density at radius 3 is 1.03 bits per heavy atom. The zero-order valence-corrected chi connectivity index (χ0v) is 23.7. The smallest absolute Gasteiger partial charge is 0.109 e. The Hall–Kier alpha value is 2.96. The van der Waals surface area contributed by atoms with Crippen molar-refractivity contribution in [1.82, 2.24) is 0 Å². The molecule has 3 fully saturated rings. The fraction of sp³-hybridized carbons (Fsp3) is 0.778. The molecule has 5 aliphatic rings. The molecule has 8 atom stereocenters. The van der Waals surface area contributed by atoms with E-state index in [9.17, 15) is 0 Å². The van der Waals surface area contributed by atoms with Crippen molar-refractivity contribution >= 4 is 139 Å². The predicted molar refractivity (Wildman–Crippen MR) is 133 cm³/mol. The van der Waals surface area contributed by atoms with Crippen LogP contribution in [0.2, 0.25) is 0 Å². The van der Waals surface area contributed by atoms with Gasteiger partial charge in [0.1, 0.15) is 19.5 Å². The van der Waals surface area contributed by atoms with Crippen LogP contribution >= 0.6 is 139 Å². The Labute approximate surface area is 234 Å². The molecule has 0 radical (unpaired) electrons.